The molecule has 0 saturated heterocycles. The van der Waals surface area contributed by atoms with Crippen molar-refractivity contribution < 1.29 is 4.39 Å². The number of halogens is 2. The van der Waals surface area contributed by atoms with Crippen molar-refractivity contribution in [1.29, 1.82) is 0 Å². The summed E-state index contributed by atoms with van der Waals surface area (Å²) in [5.74, 6) is 5.95. The SMILES string of the molecule is NNC(Cc1cc(F)ccc1Br)C1CCc2ccccc21. The van der Waals surface area contributed by atoms with Gasteiger partial charge in [0, 0.05) is 16.4 Å². The molecule has 21 heavy (non-hydrogen) atoms. The Balaban J connectivity index is 1.85. The summed E-state index contributed by atoms with van der Waals surface area (Å²) in [4.78, 5) is 0. The van der Waals surface area contributed by atoms with Crippen LogP contribution in [0.25, 0.3) is 0 Å². The standard InChI is InChI=1S/C17H18BrFN2/c18-16-8-6-13(19)9-12(16)10-17(21-20)15-7-5-11-3-1-2-4-14(11)15/h1-4,6,8-9,15,17,21H,5,7,10,20H2. The third kappa shape index (κ3) is 3.03. The fraction of sp³-hybridized carbons (Fsp3) is 0.294. The first kappa shape index (κ1) is 14.7. The highest BCUT2D eigenvalue weighted by Gasteiger charge is 2.29. The Kier molecular flexibility index (Phi) is 4.38. The van der Waals surface area contributed by atoms with Crippen molar-refractivity contribution in [3.05, 3.63) is 69.4 Å². The van der Waals surface area contributed by atoms with Crippen molar-refractivity contribution in [3.8, 4) is 0 Å². The lowest BCUT2D eigenvalue weighted by atomic mass is 9.89. The maximum atomic E-state index is 13.4. The van der Waals surface area contributed by atoms with Gasteiger partial charge in [-0.15, -0.1) is 0 Å². The maximum absolute atomic E-state index is 13.4. The van der Waals surface area contributed by atoms with Crippen molar-refractivity contribution >= 4 is 15.9 Å². The first-order chi connectivity index (χ1) is 10.2. The van der Waals surface area contributed by atoms with Crippen LogP contribution in [0.1, 0.15) is 29.0 Å². The number of nitrogens with one attached hydrogen (secondary N) is 1. The highest BCUT2D eigenvalue weighted by Crippen LogP contribution is 2.36. The van der Waals surface area contributed by atoms with Gasteiger partial charge in [0.05, 0.1) is 0 Å². The lowest BCUT2D eigenvalue weighted by Gasteiger charge is -2.24. The average molecular weight is 349 g/mol. The lowest BCUT2D eigenvalue weighted by Crippen LogP contribution is -2.41. The van der Waals surface area contributed by atoms with Gasteiger partial charge in [0.1, 0.15) is 5.82 Å². The Morgan fingerprint density at radius 3 is 2.90 bits per heavy atom. The number of hydrazine groups is 1. The van der Waals surface area contributed by atoms with Crippen molar-refractivity contribution in [1.82, 2.24) is 5.43 Å². The molecule has 2 unspecified atom stereocenters. The van der Waals surface area contributed by atoms with Gasteiger partial charge < -0.3 is 0 Å². The van der Waals surface area contributed by atoms with E-state index in [2.05, 4.69) is 45.6 Å². The van der Waals surface area contributed by atoms with E-state index in [1.807, 2.05) is 0 Å². The minimum Gasteiger partial charge on any atom is -0.271 e. The predicted octanol–water partition coefficient (Wildman–Crippen LogP) is 3.69. The Hall–Kier alpha value is -1.23. The molecule has 0 fully saturated rings. The zero-order valence-electron chi connectivity index (χ0n) is 11.7. The number of hydrogen-bond acceptors (Lipinski definition) is 2. The Morgan fingerprint density at radius 1 is 1.29 bits per heavy atom. The molecule has 0 spiro atoms. The predicted molar refractivity (Wildman–Crippen MR) is 86.4 cm³/mol. The van der Waals surface area contributed by atoms with Crippen LogP contribution in [0.3, 0.4) is 0 Å². The van der Waals surface area contributed by atoms with E-state index in [0.717, 1.165) is 22.9 Å². The van der Waals surface area contributed by atoms with E-state index in [1.165, 1.54) is 17.2 Å². The number of nitrogens with two attached hydrogens (primary N) is 1. The van der Waals surface area contributed by atoms with Crippen LogP contribution in [0.2, 0.25) is 0 Å². The van der Waals surface area contributed by atoms with Gasteiger partial charge in [-0.1, -0.05) is 40.2 Å². The van der Waals surface area contributed by atoms with Gasteiger partial charge in [-0.2, -0.15) is 0 Å². The molecule has 2 aromatic rings. The summed E-state index contributed by atoms with van der Waals surface area (Å²) >= 11 is 3.49. The molecule has 110 valence electrons. The van der Waals surface area contributed by atoms with Crippen LogP contribution in [0.5, 0.6) is 0 Å². The summed E-state index contributed by atoms with van der Waals surface area (Å²) in [6.07, 6.45) is 2.87. The zero-order valence-corrected chi connectivity index (χ0v) is 13.2. The average Bonchev–Trinajstić information content (AvgIpc) is 2.92. The zero-order chi connectivity index (χ0) is 14.8. The van der Waals surface area contributed by atoms with Gasteiger partial charge in [-0.25, -0.2) is 4.39 Å². The van der Waals surface area contributed by atoms with Gasteiger partial charge in [0.15, 0.2) is 0 Å². The largest absolute Gasteiger partial charge is 0.271 e. The van der Waals surface area contributed by atoms with Crippen LogP contribution < -0.4 is 11.3 Å². The molecule has 0 aliphatic heterocycles. The fourth-order valence-electron chi connectivity index (χ4n) is 3.26. The van der Waals surface area contributed by atoms with Gasteiger partial charge in [0.2, 0.25) is 0 Å². The molecule has 2 atom stereocenters. The van der Waals surface area contributed by atoms with E-state index in [0.29, 0.717) is 12.3 Å². The molecule has 0 radical (unpaired) electrons. The highest BCUT2D eigenvalue weighted by molar-refractivity contribution is 9.10. The molecule has 0 amide bonds. The van der Waals surface area contributed by atoms with E-state index in [1.54, 1.807) is 12.1 Å². The van der Waals surface area contributed by atoms with Crippen LogP contribution in [0.15, 0.2) is 46.9 Å². The van der Waals surface area contributed by atoms with Crippen LogP contribution in [-0.2, 0) is 12.8 Å². The molecule has 4 heteroatoms. The monoisotopic (exact) mass is 348 g/mol. The first-order valence-corrected chi connectivity index (χ1v) is 7.96. The molecule has 0 heterocycles. The summed E-state index contributed by atoms with van der Waals surface area (Å²) < 4.78 is 14.4. The molecule has 1 aliphatic carbocycles. The number of rotatable bonds is 4. The maximum Gasteiger partial charge on any atom is 0.123 e. The van der Waals surface area contributed by atoms with E-state index in [4.69, 9.17) is 5.84 Å². The van der Waals surface area contributed by atoms with Gasteiger partial charge in [-0.05, 0) is 54.2 Å². The van der Waals surface area contributed by atoms with E-state index >= 15 is 0 Å². The van der Waals surface area contributed by atoms with Crippen molar-refractivity contribution in [2.24, 2.45) is 5.84 Å². The van der Waals surface area contributed by atoms with Crippen LogP contribution in [0, 0.1) is 5.82 Å². The molecule has 0 bridgehead atoms. The van der Waals surface area contributed by atoms with Crippen molar-refractivity contribution in [2.45, 2.75) is 31.2 Å². The number of benzene rings is 2. The van der Waals surface area contributed by atoms with Gasteiger partial charge >= 0.3 is 0 Å². The molecule has 3 rings (SSSR count). The van der Waals surface area contributed by atoms with Crippen LogP contribution in [0.4, 0.5) is 4.39 Å². The van der Waals surface area contributed by atoms with Crippen LogP contribution >= 0.6 is 15.9 Å². The molecule has 0 saturated carbocycles. The molecular formula is C17H18BrFN2. The van der Waals surface area contributed by atoms with Gasteiger partial charge in [-0.3, -0.25) is 11.3 Å². The second-order valence-electron chi connectivity index (χ2n) is 5.56. The molecule has 1 aliphatic rings. The third-order valence-electron chi connectivity index (χ3n) is 4.33. The Bertz CT molecular complexity index is 644. The molecule has 3 N–H and O–H groups in total. The quantitative estimate of drug-likeness (QED) is 0.653. The smallest absolute Gasteiger partial charge is 0.123 e. The third-order valence-corrected chi connectivity index (χ3v) is 5.10. The van der Waals surface area contributed by atoms with E-state index in [9.17, 15) is 4.39 Å². The summed E-state index contributed by atoms with van der Waals surface area (Å²) in [6.45, 7) is 0. The topological polar surface area (TPSA) is 38.0 Å². The summed E-state index contributed by atoms with van der Waals surface area (Å²) in [5, 5.41) is 0. The minimum atomic E-state index is -0.212. The van der Waals surface area contributed by atoms with E-state index < -0.39 is 0 Å². The minimum absolute atomic E-state index is 0.103. The molecule has 0 aromatic heterocycles. The summed E-state index contributed by atoms with van der Waals surface area (Å²) in [5.41, 5.74) is 6.66. The Morgan fingerprint density at radius 2 is 2.10 bits per heavy atom. The van der Waals surface area contributed by atoms with Crippen molar-refractivity contribution in [3.63, 3.8) is 0 Å². The molecular weight excluding hydrogens is 331 g/mol. The normalized spacial score (nSPS) is 18.5. The summed E-state index contributed by atoms with van der Waals surface area (Å²) in [7, 11) is 0. The number of hydrogen-bond donors (Lipinski definition) is 2. The second kappa shape index (κ2) is 6.26. The fourth-order valence-corrected chi connectivity index (χ4v) is 3.67. The number of aryl methyl sites for hydroxylation is 1. The molecule has 2 nitrogen and oxygen atoms in total. The van der Waals surface area contributed by atoms with Crippen molar-refractivity contribution in [2.75, 3.05) is 0 Å². The van der Waals surface area contributed by atoms with Gasteiger partial charge in [0.25, 0.3) is 0 Å². The lowest BCUT2D eigenvalue weighted by molar-refractivity contribution is 0.433. The van der Waals surface area contributed by atoms with E-state index in [-0.39, 0.29) is 11.9 Å². The number of fused-ring (bicyclic) bond motifs is 1. The molecule has 2 aromatic carbocycles. The Labute approximate surface area is 132 Å². The van der Waals surface area contributed by atoms with Crippen LogP contribution in [-0.4, -0.2) is 6.04 Å². The highest BCUT2D eigenvalue weighted by atomic mass is 79.9. The first-order valence-electron chi connectivity index (χ1n) is 7.17. The summed E-state index contributed by atoms with van der Waals surface area (Å²) in [6, 6.07) is 13.4. The second-order valence-corrected chi connectivity index (χ2v) is 6.41.